The minimum atomic E-state index is -0.372. The van der Waals surface area contributed by atoms with Crippen molar-refractivity contribution < 1.29 is 9.53 Å². The van der Waals surface area contributed by atoms with E-state index >= 15 is 0 Å². The van der Waals surface area contributed by atoms with Crippen molar-refractivity contribution in [3.63, 3.8) is 0 Å². The van der Waals surface area contributed by atoms with E-state index in [0.29, 0.717) is 12.5 Å². The van der Waals surface area contributed by atoms with E-state index in [1.54, 1.807) is 23.5 Å². The van der Waals surface area contributed by atoms with Crippen LogP contribution in [0.1, 0.15) is 26.2 Å². The fourth-order valence-electron chi connectivity index (χ4n) is 1.48. The Morgan fingerprint density at radius 2 is 2.13 bits per heavy atom. The van der Waals surface area contributed by atoms with Crippen molar-refractivity contribution in [2.24, 2.45) is 0 Å². The van der Waals surface area contributed by atoms with Crippen molar-refractivity contribution >= 4 is 41.1 Å². The molecule has 0 aromatic carbocycles. The van der Waals surface area contributed by atoms with Gasteiger partial charge in [-0.05, 0) is 37.7 Å². The number of hydrogen-bond acceptors (Lipinski definition) is 4. The molecule has 2 nitrogen and oxygen atoms in total. The van der Waals surface area contributed by atoms with Crippen LogP contribution < -0.4 is 0 Å². The third-order valence-electron chi connectivity index (χ3n) is 2.19. The van der Waals surface area contributed by atoms with Gasteiger partial charge in [0.1, 0.15) is 0 Å². The Hall–Kier alpha value is 0.460. The smallest absolute Gasteiger partial charge is 0.332 e. The summed E-state index contributed by atoms with van der Waals surface area (Å²) in [7, 11) is 0. The van der Waals surface area contributed by atoms with Gasteiger partial charge in [-0.3, -0.25) is 0 Å². The van der Waals surface area contributed by atoms with Crippen LogP contribution in [0.3, 0.4) is 0 Å². The van der Waals surface area contributed by atoms with E-state index < -0.39 is 0 Å². The van der Waals surface area contributed by atoms with Crippen LogP contribution in [0.15, 0.2) is 0 Å². The zero-order valence-corrected chi connectivity index (χ0v) is 11.3. The first-order valence-corrected chi connectivity index (χ1v) is 7.77. The number of carbonyl (C=O) groups excluding carboxylic acids is 1. The van der Waals surface area contributed by atoms with Gasteiger partial charge < -0.3 is 4.74 Å². The second-order valence-electron chi connectivity index (χ2n) is 3.32. The molecule has 0 amide bonds. The molecule has 0 saturated carbocycles. The van der Waals surface area contributed by atoms with Crippen LogP contribution in [0, 0.1) is 0 Å². The normalized spacial score (nSPS) is 19.9. The Kier molecular flexibility index (Phi) is 6.24. The van der Waals surface area contributed by atoms with E-state index in [-0.39, 0.29) is 10.0 Å². The highest BCUT2D eigenvalue weighted by atomic mass is 35.5. The van der Waals surface area contributed by atoms with E-state index in [1.807, 2.05) is 6.92 Å². The third-order valence-corrected chi connectivity index (χ3v) is 5.82. The van der Waals surface area contributed by atoms with Gasteiger partial charge in [0.15, 0.2) is 4.08 Å². The topological polar surface area (TPSA) is 26.3 Å². The highest BCUT2D eigenvalue weighted by Gasteiger charge is 2.42. The molecule has 1 saturated heterocycles. The van der Waals surface area contributed by atoms with E-state index in [9.17, 15) is 4.79 Å². The van der Waals surface area contributed by atoms with Crippen molar-refractivity contribution in [1.82, 2.24) is 0 Å². The molecule has 0 aromatic heterocycles. The molecular formula is C10H17ClO2S2. The number of halogens is 1. The van der Waals surface area contributed by atoms with Gasteiger partial charge in [0.2, 0.25) is 0 Å². The molecule has 1 aliphatic rings. The van der Waals surface area contributed by atoms with Gasteiger partial charge in [-0.25, -0.2) is 4.79 Å². The predicted molar refractivity (Wildman–Crippen MR) is 68.9 cm³/mol. The van der Waals surface area contributed by atoms with E-state index in [2.05, 4.69) is 0 Å². The van der Waals surface area contributed by atoms with E-state index in [0.717, 1.165) is 24.3 Å². The summed E-state index contributed by atoms with van der Waals surface area (Å²) < 4.78 is 4.79. The summed E-state index contributed by atoms with van der Waals surface area (Å²) in [5.74, 6) is 2.65. The van der Waals surface area contributed by atoms with Crippen LogP contribution in [0.4, 0.5) is 0 Å². The average molecular weight is 269 g/mol. The highest BCUT2D eigenvalue weighted by Crippen LogP contribution is 2.46. The predicted octanol–water partition coefficient (Wildman–Crippen LogP) is 3.13. The van der Waals surface area contributed by atoms with Crippen LogP contribution in [0.25, 0.3) is 0 Å². The Labute approximate surface area is 105 Å². The maximum absolute atomic E-state index is 11.9. The largest absolute Gasteiger partial charge is 0.464 e. The number of alkyl halides is 1. The van der Waals surface area contributed by atoms with Gasteiger partial charge in [-0.1, -0.05) is 0 Å². The lowest BCUT2D eigenvalue weighted by molar-refractivity contribution is -0.143. The Balaban J connectivity index is 2.61. The SMILES string of the molecule is CCOC(=O)C1(CCCCl)SCCCS1. The minimum Gasteiger partial charge on any atom is -0.464 e. The monoisotopic (exact) mass is 268 g/mol. The lowest BCUT2D eigenvalue weighted by Crippen LogP contribution is -2.36. The molecule has 0 aliphatic carbocycles. The maximum atomic E-state index is 11.9. The van der Waals surface area contributed by atoms with E-state index in [4.69, 9.17) is 16.3 Å². The number of rotatable bonds is 5. The van der Waals surface area contributed by atoms with Crippen LogP contribution >= 0.6 is 35.1 Å². The lowest BCUT2D eigenvalue weighted by Gasteiger charge is -2.33. The molecule has 1 rings (SSSR count). The standard InChI is InChI=1S/C10H17ClO2S2/c1-2-13-9(12)10(5-3-6-11)14-7-4-8-15-10/h2-8H2,1H3. The molecule has 15 heavy (non-hydrogen) atoms. The molecule has 0 aromatic rings. The number of ether oxygens (including phenoxy) is 1. The van der Waals surface area contributed by atoms with Crippen LogP contribution in [0.5, 0.6) is 0 Å². The molecule has 0 unspecified atom stereocenters. The fourth-order valence-corrected chi connectivity index (χ4v) is 4.80. The van der Waals surface area contributed by atoms with Gasteiger partial charge in [0.05, 0.1) is 6.61 Å². The Bertz CT molecular complexity index is 206. The number of carbonyl (C=O) groups is 1. The molecule has 88 valence electrons. The molecule has 0 N–H and O–H groups in total. The molecule has 5 heteroatoms. The van der Waals surface area contributed by atoms with Crippen LogP contribution in [-0.2, 0) is 9.53 Å². The van der Waals surface area contributed by atoms with Gasteiger partial charge in [-0.2, -0.15) is 0 Å². The van der Waals surface area contributed by atoms with Crippen LogP contribution in [-0.4, -0.2) is 34.0 Å². The summed E-state index contributed by atoms with van der Waals surface area (Å²) in [5, 5.41) is 0. The first-order chi connectivity index (χ1) is 7.25. The summed E-state index contributed by atoms with van der Waals surface area (Å²) in [6.45, 7) is 2.31. The number of hydrogen-bond donors (Lipinski definition) is 0. The quantitative estimate of drug-likeness (QED) is 0.565. The molecule has 1 fully saturated rings. The van der Waals surface area contributed by atoms with Gasteiger partial charge in [0.25, 0.3) is 0 Å². The Morgan fingerprint density at radius 1 is 1.47 bits per heavy atom. The van der Waals surface area contributed by atoms with E-state index in [1.165, 1.54) is 6.42 Å². The molecule has 0 radical (unpaired) electrons. The Morgan fingerprint density at radius 3 is 2.67 bits per heavy atom. The zero-order chi connectivity index (χ0) is 11.1. The van der Waals surface area contributed by atoms with Gasteiger partial charge in [0, 0.05) is 5.88 Å². The summed E-state index contributed by atoms with van der Waals surface area (Å²) in [6.07, 6.45) is 2.88. The van der Waals surface area contributed by atoms with Crippen molar-refractivity contribution in [2.45, 2.75) is 30.3 Å². The summed E-state index contributed by atoms with van der Waals surface area (Å²) in [6, 6.07) is 0. The molecule has 0 spiro atoms. The molecule has 1 heterocycles. The van der Waals surface area contributed by atoms with Crippen molar-refractivity contribution in [3.05, 3.63) is 0 Å². The first kappa shape index (κ1) is 13.5. The zero-order valence-electron chi connectivity index (χ0n) is 8.96. The third kappa shape index (κ3) is 3.75. The first-order valence-electron chi connectivity index (χ1n) is 5.26. The summed E-state index contributed by atoms with van der Waals surface area (Å²) in [5.41, 5.74) is 0. The average Bonchev–Trinajstić information content (AvgIpc) is 2.28. The summed E-state index contributed by atoms with van der Waals surface area (Å²) in [4.78, 5) is 11.9. The van der Waals surface area contributed by atoms with Crippen molar-refractivity contribution in [2.75, 3.05) is 24.0 Å². The highest BCUT2D eigenvalue weighted by molar-refractivity contribution is 8.19. The minimum absolute atomic E-state index is 0.0650. The summed E-state index contributed by atoms with van der Waals surface area (Å²) >= 11 is 9.15. The maximum Gasteiger partial charge on any atom is 0.332 e. The second kappa shape index (κ2) is 6.92. The van der Waals surface area contributed by atoms with Gasteiger partial charge >= 0.3 is 5.97 Å². The number of esters is 1. The number of thioether (sulfide) groups is 2. The second-order valence-corrected chi connectivity index (χ2v) is 6.74. The molecular weight excluding hydrogens is 252 g/mol. The van der Waals surface area contributed by atoms with Crippen molar-refractivity contribution in [1.29, 1.82) is 0 Å². The van der Waals surface area contributed by atoms with Gasteiger partial charge in [-0.15, -0.1) is 35.1 Å². The molecule has 1 aliphatic heterocycles. The lowest BCUT2D eigenvalue weighted by atomic mass is 10.2. The fraction of sp³-hybridized carbons (Fsp3) is 0.900. The van der Waals surface area contributed by atoms with Crippen LogP contribution in [0.2, 0.25) is 0 Å². The molecule has 0 bridgehead atoms. The van der Waals surface area contributed by atoms with Crippen molar-refractivity contribution in [3.8, 4) is 0 Å². The molecule has 0 atom stereocenters.